The molecule has 2 aromatic rings. The van der Waals surface area contributed by atoms with Crippen molar-refractivity contribution >= 4 is 11.6 Å². The zero-order chi connectivity index (χ0) is 13.4. The Morgan fingerprint density at radius 2 is 2.16 bits per heavy atom. The number of rotatable bonds is 1. The second-order valence-electron chi connectivity index (χ2n) is 4.37. The van der Waals surface area contributed by atoms with E-state index in [2.05, 4.69) is 10.2 Å². The van der Waals surface area contributed by atoms with E-state index in [1.807, 2.05) is 32.0 Å². The van der Waals surface area contributed by atoms with Gasteiger partial charge in [-0.1, -0.05) is 6.07 Å². The lowest BCUT2D eigenvalue weighted by atomic mass is 10.2. The van der Waals surface area contributed by atoms with Crippen LogP contribution in [0.3, 0.4) is 0 Å². The summed E-state index contributed by atoms with van der Waals surface area (Å²) in [5, 5.41) is 7.68. The minimum absolute atomic E-state index is 0.116. The van der Waals surface area contributed by atoms with Crippen LogP contribution in [0.15, 0.2) is 30.5 Å². The van der Waals surface area contributed by atoms with Gasteiger partial charge in [0, 0.05) is 6.54 Å². The Balaban J connectivity index is 2.24. The van der Waals surface area contributed by atoms with Crippen LogP contribution in [0, 0.1) is 6.92 Å². The fourth-order valence-corrected chi connectivity index (χ4v) is 2.16. The highest BCUT2D eigenvalue weighted by molar-refractivity contribution is 6.09. The molecule has 0 atom stereocenters. The van der Waals surface area contributed by atoms with Gasteiger partial charge in [-0.2, -0.15) is 5.10 Å². The zero-order valence-electron chi connectivity index (χ0n) is 10.8. The first-order valence-electron chi connectivity index (χ1n) is 6.12. The third kappa shape index (κ3) is 1.83. The van der Waals surface area contributed by atoms with Crippen LogP contribution in [-0.4, -0.2) is 22.6 Å². The Morgan fingerprint density at radius 1 is 1.32 bits per heavy atom. The summed E-state index contributed by atoms with van der Waals surface area (Å²) in [5.74, 6) is 0.778. The summed E-state index contributed by atoms with van der Waals surface area (Å²) >= 11 is 0. The maximum Gasteiger partial charge on any atom is 0.263 e. The van der Waals surface area contributed by atoms with Crippen molar-refractivity contribution in [2.75, 3.05) is 11.4 Å². The minimum Gasteiger partial charge on any atom is -0.435 e. The minimum atomic E-state index is -0.116. The van der Waals surface area contributed by atoms with Gasteiger partial charge in [0.1, 0.15) is 5.56 Å². The molecule has 1 aromatic heterocycles. The number of fused-ring (bicyclic) bond motifs is 2. The lowest BCUT2D eigenvalue weighted by Gasteiger charge is -2.20. The Labute approximate surface area is 110 Å². The van der Waals surface area contributed by atoms with E-state index in [1.54, 1.807) is 11.0 Å². The zero-order valence-corrected chi connectivity index (χ0v) is 10.8. The van der Waals surface area contributed by atoms with Crippen molar-refractivity contribution in [3.05, 3.63) is 41.6 Å². The van der Waals surface area contributed by atoms with Gasteiger partial charge in [0.05, 0.1) is 11.9 Å². The largest absolute Gasteiger partial charge is 0.435 e. The van der Waals surface area contributed by atoms with Gasteiger partial charge >= 0.3 is 0 Å². The molecule has 0 spiro atoms. The van der Waals surface area contributed by atoms with Crippen LogP contribution in [0.2, 0.25) is 0 Å². The number of aryl methyl sites for hydroxylation is 1. The predicted molar refractivity (Wildman–Crippen MR) is 70.6 cm³/mol. The molecule has 1 aliphatic heterocycles. The highest BCUT2D eigenvalue weighted by Gasteiger charge is 2.28. The molecule has 19 heavy (non-hydrogen) atoms. The molecule has 0 aliphatic carbocycles. The molecule has 0 fully saturated rings. The highest BCUT2D eigenvalue weighted by Crippen LogP contribution is 2.37. The molecule has 5 nitrogen and oxygen atoms in total. The van der Waals surface area contributed by atoms with Crippen molar-refractivity contribution in [1.29, 1.82) is 0 Å². The van der Waals surface area contributed by atoms with Gasteiger partial charge in [-0.3, -0.25) is 4.79 Å². The van der Waals surface area contributed by atoms with Crippen molar-refractivity contribution in [3.63, 3.8) is 0 Å². The first kappa shape index (κ1) is 11.6. The summed E-state index contributed by atoms with van der Waals surface area (Å²) in [6.45, 7) is 4.48. The van der Waals surface area contributed by atoms with Crippen LogP contribution in [0.4, 0.5) is 5.69 Å². The van der Waals surface area contributed by atoms with E-state index in [1.165, 1.54) is 6.20 Å². The van der Waals surface area contributed by atoms with Gasteiger partial charge in [0.2, 0.25) is 0 Å². The number of amides is 1. The summed E-state index contributed by atoms with van der Waals surface area (Å²) in [6.07, 6.45) is 1.50. The van der Waals surface area contributed by atoms with Gasteiger partial charge in [0.15, 0.2) is 5.75 Å². The summed E-state index contributed by atoms with van der Waals surface area (Å²) in [7, 11) is 0. The Kier molecular flexibility index (Phi) is 2.67. The topological polar surface area (TPSA) is 55.3 Å². The number of anilines is 1. The molecule has 0 bridgehead atoms. The van der Waals surface area contributed by atoms with Crippen LogP contribution < -0.4 is 9.64 Å². The Bertz CT molecular complexity index is 655. The molecule has 5 heteroatoms. The molecule has 1 aromatic carbocycles. The standard InChI is InChI=1S/C14H13N3O2/c1-3-17-11-5-4-9(2)8-12(11)19-13-10(14(17)18)6-7-15-16-13/h4-8H,3H2,1-2H3. The molecule has 0 radical (unpaired) electrons. The Hall–Kier alpha value is -2.43. The molecule has 0 saturated carbocycles. The van der Waals surface area contributed by atoms with E-state index < -0.39 is 0 Å². The van der Waals surface area contributed by atoms with Crippen molar-refractivity contribution in [2.24, 2.45) is 0 Å². The molecule has 1 aliphatic rings. The quantitative estimate of drug-likeness (QED) is 0.785. The van der Waals surface area contributed by atoms with Gasteiger partial charge in [0.25, 0.3) is 11.8 Å². The average Bonchev–Trinajstić information content (AvgIpc) is 2.53. The molecule has 3 rings (SSSR count). The number of aromatic nitrogens is 2. The second kappa shape index (κ2) is 4.35. The monoisotopic (exact) mass is 255 g/mol. The van der Waals surface area contributed by atoms with E-state index in [-0.39, 0.29) is 11.8 Å². The number of benzene rings is 1. The predicted octanol–water partition coefficient (Wildman–Crippen LogP) is 2.56. The molecular formula is C14H13N3O2. The molecule has 2 heterocycles. The van der Waals surface area contributed by atoms with Crippen LogP contribution >= 0.6 is 0 Å². The summed E-state index contributed by atoms with van der Waals surface area (Å²) in [4.78, 5) is 14.2. The molecule has 0 saturated heterocycles. The van der Waals surface area contributed by atoms with E-state index in [0.717, 1.165) is 11.3 Å². The van der Waals surface area contributed by atoms with Gasteiger partial charge in [-0.05, 0) is 37.6 Å². The normalized spacial score (nSPS) is 13.4. The maximum atomic E-state index is 12.5. The van der Waals surface area contributed by atoms with E-state index >= 15 is 0 Å². The lowest BCUT2D eigenvalue weighted by Crippen LogP contribution is -2.29. The van der Waals surface area contributed by atoms with Gasteiger partial charge in [-0.25, -0.2) is 0 Å². The Morgan fingerprint density at radius 3 is 2.95 bits per heavy atom. The smallest absolute Gasteiger partial charge is 0.263 e. The van der Waals surface area contributed by atoms with Gasteiger partial charge < -0.3 is 9.64 Å². The third-order valence-corrected chi connectivity index (χ3v) is 3.09. The average molecular weight is 255 g/mol. The number of hydrogen-bond donors (Lipinski definition) is 0. The van der Waals surface area contributed by atoms with Crippen molar-refractivity contribution in [2.45, 2.75) is 13.8 Å². The molecule has 0 unspecified atom stereocenters. The van der Waals surface area contributed by atoms with Gasteiger partial charge in [-0.15, -0.1) is 5.10 Å². The maximum absolute atomic E-state index is 12.5. The SMILES string of the molecule is CCN1C(=O)c2ccnnc2Oc2cc(C)ccc21. The van der Waals surface area contributed by atoms with E-state index in [4.69, 9.17) is 4.74 Å². The van der Waals surface area contributed by atoms with Crippen molar-refractivity contribution < 1.29 is 9.53 Å². The summed E-state index contributed by atoms with van der Waals surface area (Å²) in [6, 6.07) is 7.38. The molecule has 0 N–H and O–H groups in total. The number of nitrogens with zero attached hydrogens (tertiary/aromatic N) is 3. The van der Waals surface area contributed by atoms with E-state index in [0.29, 0.717) is 17.9 Å². The third-order valence-electron chi connectivity index (χ3n) is 3.09. The molecule has 96 valence electrons. The van der Waals surface area contributed by atoms with Crippen molar-refractivity contribution in [3.8, 4) is 11.6 Å². The first-order chi connectivity index (χ1) is 9.20. The first-order valence-corrected chi connectivity index (χ1v) is 6.12. The molecular weight excluding hydrogens is 242 g/mol. The van der Waals surface area contributed by atoms with E-state index in [9.17, 15) is 4.79 Å². The fourth-order valence-electron chi connectivity index (χ4n) is 2.16. The summed E-state index contributed by atoms with van der Waals surface area (Å²) in [5.41, 5.74) is 2.26. The lowest BCUT2D eigenvalue weighted by molar-refractivity contribution is 0.0988. The number of hydrogen-bond acceptors (Lipinski definition) is 4. The van der Waals surface area contributed by atoms with Crippen LogP contribution in [0.25, 0.3) is 0 Å². The van der Waals surface area contributed by atoms with Crippen LogP contribution in [-0.2, 0) is 0 Å². The summed E-state index contributed by atoms with van der Waals surface area (Å²) < 4.78 is 5.75. The number of carbonyl (C=O) groups excluding carboxylic acids is 1. The number of ether oxygens (including phenoxy) is 1. The molecule has 1 amide bonds. The van der Waals surface area contributed by atoms with Crippen molar-refractivity contribution in [1.82, 2.24) is 10.2 Å². The highest BCUT2D eigenvalue weighted by atomic mass is 16.5. The van der Waals surface area contributed by atoms with Crippen LogP contribution in [0.1, 0.15) is 22.8 Å². The van der Waals surface area contributed by atoms with Crippen LogP contribution in [0.5, 0.6) is 11.6 Å². The second-order valence-corrected chi connectivity index (χ2v) is 4.37. The number of carbonyl (C=O) groups is 1. The fraction of sp³-hybridized carbons (Fsp3) is 0.214.